The van der Waals surface area contributed by atoms with Crippen LogP contribution in [0.25, 0.3) is 0 Å². The van der Waals surface area contributed by atoms with E-state index >= 15 is 0 Å². The fourth-order valence-corrected chi connectivity index (χ4v) is 3.13. The Balaban J connectivity index is 1.81. The number of rotatable bonds is 4. The zero-order chi connectivity index (χ0) is 15.5. The highest BCUT2D eigenvalue weighted by Gasteiger charge is 2.42. The van der Waals surface area contributed by atoms with Crippen molar-refractivity contribution in [3.8, 4) is 0 Å². The number of halogens is 1. The summed E-state index contributed by atoms with van der Waals surface area (Å²) in [6, 6.07) is 15.4. The molecule has 0 saturated carbocycles. The SMILES string of the molecule is O=[N+]([O-])[C@@H]1CN(Cc2ccccc2)C[C@@H]1c1ccccc1F. The molecule has 22 heavy (non-hydrogen) atoms. The Morgan fingerprint density at radius 1 is 1.09 bits per heavy atom. The minimum absolute atomic E-state index is 0.276. The second-order valence-corrected chi connectivity index (χ2v) is 5.66. The maximum Gasteiger partial charge on any atom is 0.233 e. The van der Waals surface area contributed by atoms with E-state index < -0.39 is 12.0 Å². The van der Waals surface area contributed by atoms with E-state index in [0.29, 0.717) is 25.2 Å². The molecule has 3 rings (SSSR count). The van der Waals surface area contributed by atoms with Gasteiger partial charge in [0, 0.05) is 18.0 Å². The molecular formula is C17H17FN2O2. The summed E-state index contributed by atoms with van der Waals surface area (Å²) >= 11 is 0. The molecule has 1 aliphatic rings. The van der Waals surface area contributed by atoms with E-state index in [1.807, 2.05) is 35.2 Å². The molecule has 5 heteroatoms. The fraction of sp³-hybridized carbons (Fsp3) is 0.294. The van der Waals surface area contributed by atoms with Crippen molar-refractivity contribution in [2.75, 3.05) is 13.1 Å². The van der Waals surface area contributed by atoms with Gasteiger partial charge >= 0.3 is 0 Å². The lowest BCUT2D eigenvalue weighted by molar-refractivity contribution is -0.521. The Kier molecular flexibility index (Phi) is 4.15. The molecular weight excluding hydrogens is 283 g/mol. The van der Waals surface area contributed by atoms with Gasteiger partial charge in [-0.25, -0.2) is 4.39 Å². The lowest BCUT2D eigenvalue weighted by Crippen LogP contribution is -2.28. The molecule has 4 nitrogen and oxygen atoms in total. The van der Waals surface area contributed by atoms with Crippen LogP contribution in [0.15, 0.2) is 54.6 Å². The molecule has 0 unspecified atom stereocenters. The molecule has 2 aromatic carbocycles. The predicted octanol–water partition coefficient (Wildman–Crippen LogP) is 3.07. The topological polar surface area (TPSA) is 46.4 Å². The summed E-state index contributed by atoms with van der Waals surface area (Å²) in [4.78, 5) is 13.1. The third-order valence-electron chi connectivity index (χ3n) is 4.19. The quantitative estimate of drug-likeness (QED) is 0.644. The number of hydrogen-bond acceptors (Lipinski definition) is 3. The lowest BCUT2D eigenvalue weighted by Gasteiger charge is -2.15. The summed E-state index contributed by atoms with van der Waals surface area (Å²) in [6.07, 6.45) is 0. The summed E-state index contributed by atoms with van der Waals surface area (Å²) in [6.45, 7) is 1.50. The average molecular weight is 300 g/mol. The number of benzene rings is 2. The van der Waals surface area contributed by atoms with E-state index in [1.54, 1.807) is 18.2 Å². The maximum absolute atomic E-state index is 14.0. The molecule has 1 fully saturated rings. The zero-order valence-corrected chi connectivity index (χ0v) is 12.1. The Bertz CT molecular complexity index is 663. The highest BCUT2D eigenvalue weighted by molar-refractivity contribution is 5.25. The highest BCUT2D eigenvalue weighted by atomic mass is 19.1. The summed E-state index contributed by atoms with van der Waals surface area (Å²) in [5, 5.41) is 11.4. The number of nitrogens with zero attached hydrogens (tertiary/aromatic N) is 2. The van der Waals surface area contributed by atoms with Gasteiger partial charge in [-0.2, -0.15) is 0 Å². The third-order valence-corrected chi connectivity index (χ3v) is 4.19. The van der Waals surface area contributed by atoms with Crippen molar-refractivity contribution in [3.63, 3.8) is 0 Å². The predicted molar refractivity (Wildman–Crippen MR) is 81.6 cm³/mol. The van der Waals surface area contributed by atoms with Crippen molar-refractivity contribution < 1.29 is 9.31 Å². The average Bonchev–Trinajstić information content (AvgIpc) is 2.92. The van der Waals surface area contributed by atoms with Crippen molar-refractivity contribution >= 4 is 0 Å². The van der Waals surface area contributed by atoms with Crippen LogP contribution in [0.1, 0.15) is 17.0 Å². The van der Waals surface area contributed by atoms with Gasteiger partial charge < -0.3 is 0 Å². The molecule has 0 N–H and O–H groups in total. The van der Waals surface area contributed by atoms with Crippen LogP contribution >= 0.6 is 0 Å². The van der Waals surface area contributed by atoms with E-state index in [4.69, 9.17) is 0 Å². The number of hydrogen-bond donors (Lipinski definition) is 0. The van der Waals surface area contributed by atoms with Crippen LogP contribution in [-0.2, 0) is 6.54 Å². The minimum Gasteiger partial charge on any atom is -0.292 e. The summed E-state index contributed by atoms with van der Waals surface area (Å²) in [7, 11) is 0. The third kappa shape index (κ3) is 2.99. The van der Waals surface area contributed by atoms with Crippen molar-refractivity contribution in [3.05, 3.63) is 81.7 Å². The van der Waals surface area contributed by atoms with Crippen LogP contribution in [0.5, 0.6) is 0 Å². The highest BCUT2D eigenvalue weighted by Crippen LogP contribution is 2.31. The molecule has 1 aliphatic heterocycles. The molecule has 1 heterocycles. The van der Waals surface area contributed by atoms with Gasteiger partial charge in [-0.1, -0.05) is 48.5 Å². The van der Waals surface area contributed by atoms with E-state index in [-0.39, 0.29) is 10.7 Å². The molecule has 0 radical (unpaired) electrons. The Morgan fingerprint density at radius 2 is 1.77 bits per heavy atom. The van der Waals surface area contributed by atoms with E-state index in [1.165, 1.54) is 6.07 Å². The van der Waals surface area contributed by atoms with Crippen LogP contribution in [0.4, 0.5) is 4.39 Å². The second kappa shape index (κ2) is 6.23. The van der Waals surface area contributed by atoms with Crippen LogP contribution in [0.2, 0.25) is 0 Å². The first kappa shape index (κ1) is 14.7. The standard InChI is InChI=1S/C17H17FN2O2/c18-16-9-5-4-8-14(16)15-11-19(12-17(15)20(21)22)10-13-6-2-1-3-7-13/h1-9,15,17H,10-12H2/t15-,17-/m1/s1. The van der Waals surface area contributed by atoms with Gasteiger partial charge in [0.25, 0.3) is 0 Å². The van der Waals surface area contributed by atoms with E-state index in [0.717, 1.165) is 5.56 Å². The van der Waals surface area contributed by atoms with E-state index in [2.05, 4.69) is 0 Å². The van der Waals surface area contributed by atoms with Gasteiger partial charge in [0.2, 0.25) is 6.04 Å². The van der Waals surface area contributed by atoms with Crippen molar-refractivity contribution in [2.45, 2.75) is 18.5 Å². The number of likely N-dealkylation sites (tertiary alicyclic amines) is 1. The molecule has 1 saturated heterocycles. The smallest absolute Gasteiger partial charge is 0.233 e. The minimum atomic E-state index is -0.763. The first-order valence-corrected chi connectivity index (χ1v) is 7.29. The van der Waals surface area contributed by atoms with Crippen LogP contribution < -0.4 is 0 Å². The normalized spacial score (nSPS) is 21.9. The van der Waals surface area contributed by atoms with Gasteiger partial charge in [0.15, 0.2) is 0 Å². The van der Waals surface area contributed by atoms with Crippen molar-refractivity contribution in [1.82, 2.24) is 4.90 Å². The van der Waals surface area contributed by atoms with Gasteiger partial charge in [0.05, 0.1) is 12.5 Å². The van der Waals surface area contributed by atoms with Crippen molar-refractivity contribution in [2.24, 2.45) is 0 Å². The Labute approximate surface area is 128 Å². The summed E-state index contributed by atoms with van der Waals surface area (Å²) in [5.74, 6) is -0.763. The largest absolute Gasteiger partial charge is 0.292 e. The molecule has 0 bridgehead atoms. The zero-order valence-electron chi connectivity index (χ0n) is 12.1. The fourth-order valence-electron chi connectivity index (χ4n) is 3.13. The van der Waals surface area contributed by atoms with Gasteiger partial charge in [0.1, 0.15) is 5.82 Å². The first-order chi connectivity index (χ1) is 10.6. The molecule has 0 aliphatic carbocycles. The monoisotopic (exact) mass is 300 g/mol. The van der Waals surface area contributed by atoms with Crippen LogP contribution in [0, 0.1) is 15.9 Å². The molecule has 0 spiro atoms. The van der Waals surface area contributed by atoms with Crippen LogP contribution in [0.3, 0.4) is 0 Å². The molecule has 0 aromatic heterocycles. The summed E-state index contributed by atoms with van der Waals surface area (Å²) < 4.78 is 14.0. The Morgan fingerprint density at radius 3 is 2.45 bits per heavy atom. The number of nitro groups is 1. The first-order valence-electron chi connectivity index (χ1n) is 7.29. The van der Waals surface area contributed by atoms with Crippen LogP contribution in [-0.4, -0.2) is 29.0 Å². The lowest BCUT2D eigenvalue weighted by atomic mass is 9.94. The molecule has 2 aromatic rings. The Hall–Kier alpha value is -2.27. The molecule has 114 valence electrons. The van der Waals surface area contributed by atoms with Crippen molar-refractivity contribution in [1.29, 1.82) is 0 Å². The second-order valence-electron chi connectivity index (χ2n) is 5.66. The van der Waals surface area contributed by atoms with Gasteiger partial charge in [-0.05, 0) is 17.2 Å². The molecule has 2 atom stereocenters. The van der Waals surface area contributed by atoms with Gasteiger partial charge in [-0.15, -0.1) is 0 Å². The summed E-state index contributed by atoms with van der Waals surface area (Å²) in [5.41, 5.74) is 1.55. The van der Waals surface area contributed by atoms with Gasteiger partial charge in [-0.3, -0.25) is 15.0 Å². The molecule has 0 amide bonds. The maximum atomic E-state index is 14.0. The van der Waals surface area contributed by atoms with E-state index in [9.17, 15) is 14.5 Å².